The van der Waals surface area contributed by atoms with Gasteiger partial charge in [-0.1, -0.05) is 70.1 Å². The second-order valence-electron chi connectivity index (χ2n) is 6.61. The maximum Gasteiger partial charge on any atom is 0.0585 e. The molecule has 0 aliphatic heterocycles. The molecule has 0 fully saturated rings. The largest absolute Gasteiger partial charge is 0.118 e. The predicted octanol–water partition coefficient (Wildman–Crippen LogP) is 6.99. The van der Waals surface area contributed by atoms with Crippen LogP contribution in [0.1, 0.15) is 93.2 Å². The van der Waals surface area contributed by atoms with Crippen LogP contribution in [0.25, 0.3) is 0 Å². The molecule has 0 amide bonds. The van der Waals surface area contributed by atoms with E-state index in [9.17, 15) is 0 Å². The van der Waals surface area contributed by atoms with Gasteiger partial charge in [-0.3, -0.25) is 0 Å². The van der Waals surface area contributed by atoms with Crippen LogP contribution in [0.5, 0.6) is 0 Å². The number of rotatable bonds is 9. The SMILES string of the molecule is CCCCCCCCCC(Cl)c1ccc2c(c1)CCCC2. The van der Waals surface area contributed by atoms with Crippen molar-refractivity contribution in [2.24, 2.45) is 0 Å². The summed E-state index contributed by atoms with van der Waals surface area (Å²) >= 11 is 6.61. The Bertz CT molecular complexity index is 410. The molecule has 0 saturated heterocycles. The number of benzene rings is 1. The zero-order valence-electron chi connectivity index (χ0n) is 13.7. The number of halogens is 1. The standard InChI is InChI=1S/C20H31Cl/c1-2-3-4-5-6-7-8-13-20(21)19-15-14-17-11-9-10-12-18(17)16-19/h14-16,20H,2-13H2,1H3. The Hall–Kier alpha value is -0.490. The molecule has 1 aliphatic carbocycles. The molecule has 0 aromatic heterocycles. The molecule has 1 aromatic rings. The summed E-state index contributed by atoms with van der Waals surface area (Å²) in [6.07, 6.45) is 15.9. The molecule has 0 radical (unpaired) electrons. The van der Waals surface area contributed by atoms with Gasteiger partial charge in [0.1, 0.15) is 0 Å². The first-order valence-corrected chi connectivity index (χ1v) is 9.50. The van der Waals surface area contributed by atoms with Crippen molar-refractivity contribution in [3.8, 4) is 0 Å². The Morgan fingerprint density at radius 3 is 2.33 bits per heavy atom. The maximum absolute atomic E-state index is 6.61. The molecule has 2 rings (SSSR count). The third-order valence-corrected chi connectivity index (χ3v) is 5.27. The van der Waals surface area contributed by atoms with E-state index in [1.54, 1.807) is 11.1 Å². The summed E-state index contributed by atoms with van der Waals surface area (Å²) in [5.41, 5.74) is 4.47. The van der Waals surface area contributed by atoms with Crippen LogP contribution >= 0.6 is 11.6 Å². The van der Waals surface area contributed by atoms with Crippen LogP contribution in [0.2, 0.25) is 0 Å². The molecule has 0 N–H and O–H groups in total. The van der Waals surface area contributed by atoms with Crippen LogP contribution in [0.15, 0.2) is 18.2 Å². The van der Waals surface area contributed by atoms with Crippen molar-refractivity contribution in [1.29, 1.82) is 0 Å². The first kappa shape index (κ1) is 16.9. The van der Waals surface area contributed by atoms with Crippen LogP contribution < -0.4 is 0 Å². The quantitative estimate of drug-likeness (QED) is 0.341. The van der Waals surface area contributed by atoms with Gasteiger partial charge in [-0.2, -0.15) is 0 Å². The topological polar surface area (TPSA) is 0 Å². The Morgan fingerprint density at radius 1 is 0.905 bits per heavy atom. The Kier molecular flexibility index (Phi) is 7.64. The molecule has 0 saturated carbocycles. The highest BCUT2D eigenvalue weighted by molar-refractivity contribution is 6.20. The fraction of sp³-hybridized carbons (Fsp3) is 0.700. The third-order valence-electron chi connectivity index (χ3n) is 4.80. The zero-order valence-corrected chi connectivity index (χ0v) is 14.4. The Balaban J connectivity index is 1.69. The predicted molar refractivity (Wildman–Crippen MR) is 94.3 cm³/mol. The van der Waals surface area contributed by atoms with E-state index < -0.39 is 0 Å². The van der Waals surface area contributed by atoms with Crippen LogP contribution in [-0.4, -0.2) is 0 Å². The van der Waals surface area contributed by atoms with Gasteiger partial charge in [-0.15, -0.1) is 11.6 Å². The van der Waals surface area contributed by atoms with Gasteiger partial charge in [0.05, 0.1) is 5.38 Å². The first-order chi connectivity index (χ1) is 10.3. The van der Waals surface area contributed by atoms with Gasteiger partial charge in [0.25, 0.3) is 0 Å². The van der Waals surface area contributed by atoms with Crippen molar-refractivity contribution in [1.82, 2.24) is 0 Å². The van der Waals surface area contributed by atoms with E-state index in [2.05, 4.69) is 25.1 Å². The lowest BCUT2D eigenvalue weighted by molar-refractivity contribution is 0.571. The summed E-state index contributed by atoms with van der Waals surface area (Å²) in [7, 11) is 0. The van der Waals surface area contributed by atoms with Gasteiger partial charge in [-0.25, -0.2) is 0 Å². The van der Waals surface area contributed by atoms with Crippen LogP contribution in [0.3, 0.4) is 0 Å². The molecule has 118 valence electrons. The van der Waals surface area contributed by atoms with Gasteiger partial charge >= 0.3 is 0 Å². The van der Waals surface area contributed by atoms with Crippen molar-refractivity contribution in [3.63, 3.8) is 0 Å². The molecular formula is C20H31Cl. The van der Waals surface area contributed by atoms with Gasteiger partial charge in [0.15, 0.2) is 0 Å². The number of aryl methyl sites for hydroxylation is 2. The highest BCUT2D eigenvalue weighted by Crippen LogP contribution is 2.30. The molecule has 0 spiro atoms. The normalized spacial score (nSPS) is 15.7. The lowest BCUT2D eigenvalue weighted by Gasteiger charge is -2.18. The fourth-order valence-corrected chi connectivity index (χ4v) is 3.69. The monoisotopic (exact) mass is 306 g/mol. The van der Waals surface area contributed by atoms with Crippen LogP contribution in [0.4, 0.5) is 0 Å². The summed E-state index contributed by atoms with van der Waals surface area (Å²) in [6, 6.07) is 6.97. The highest BCUT2D eigenvalue weighted by atomic mass is 35.5. The molecule has 1 heteroatoms. The number of unbranched alkanes of at least 4 members (excludes halogenated alkanes) is 6. The van der Waals surface area contributed by atoms with E-state index in [1.807, 2.05) is 0 Å². The van der Waals surface area contributed by atoms with Gasteiger partial charge < -0.3 is 0 Å². The van der Waals surface area contributed by atoms with Crippen LogP contribution in [0, 0.1) is 0 Å². The van der Waals surface area contributed by atoms with Crippen molar-refractivity contribution in [2.45, 2.75) is 89.4 Å². The van der Waals surface area contributed by atoms with Gasteiger partial charge in [-0.05, 0) is 48.8 Å². The Labute approximate surface area is 136 Å². The molecule has 1 aliphatic rings. The molecule has 21 heavy (non-hydrogen) atoms. The van der Waals surface area contributed by atoms with Gasteiger partial charge in [0.2, 0.25) is 0 Å². The summed E-state index contributed by atoms with van der Waals surface area (Å²) < 4.78 is 0. The van der Waals surface area contributed by atoms with E-state index >= 15 is 0 Å². The van der Waals surface area contributed by atoms with Crippen molar-refractivity contribution in [2.75, 3.05) is 0 Å². The number of fused-ring (bicyclic) bond motifs is 1. The van der Waals surface area contributed by atoms with Crippen molar-refractivity contribution in [3.05, 3.63) is 34.9 Å². The number of hydrogen-bond acceptors (Lipinski definition) is 0. The number of hydrogen-bond donors (Lipinski definition) is 0. The highest BCUT2D eigenvalue weighted by Gasteiger charge is 2.13. The van der Waals surface area contributed by atoms with Crippen LogP contribution in [-0.2, 0) is 12.8 Å². The van der Waals surface area contributed by atoms with E-state index in [0.717, 1.165) is 6.42 Å². The third kappa shape index (κ3) is 5.66. The summed E-state index contributed by atoms with van der Waals surface area (Å²) in [5.74, 6) is 0. The zero-order chi connectivity index (χ0) is 14.9. The minimum Gasteiger partial charge on any atom is -0.118 e. The Morgan fingerprint density at radius 2 is 1.57 bits per heavy atom. The second-order valence-corrected chi connectivity index (χ2v) is 7.14. The fourth-order valence-electron chi connectivity index (χ4n) is 3.40. The molecule has 0 bridgehead atoms. The average Bonchev–Trinajstić information content (AvgIpc) is 2.53. The van der Waals surface area contributed by atoms with E-state index in [0.29, 0.717) is 0 Å². The molecule has 1 atom stereocenters. The minimum absolute atomic E-state index is 0.216. The lowest BCUT2D eigenvalue weighted by atomic mass is 9.89. The molecule has 0 heterocycles. The maximum atomic E-state index is 6.61. The second kappa shape index (κ2) is 9.51. The molecule has 1 unspecified atom stereocenters. The summed E-state index contributed by atoms with van der Waals surface area (Å²) in [5, 5.41) is 0.216. The van der Waals surface area contributed by atoms with Crippen molar-refractivity contribution >= 4 is 11.6 Å². The molecule has 0 nitrogen and oxygen atoms in total. The van der Waals surface area contributed by atoms with E-state index in [4.69, 9.17) is 11.6 Å². The smallest absolute Gasteiger partial charge is 0.0585 e. The lowest BCUT2D eigenvalue weighted by Crippen LogP contribution is -2.04. The van der Waals surface area contributed by atoms with Gasteiger partial charge in [0, 0.05) is 0 Å². The summed E-state index contributed by atoms with van der Waals surface area (Å²) in [4.78, 5) is 0. The van der Waals surface area contributed by atoms with Crippen molar-refractivity contribution < 1.29 is 0 Å². The van der Waals surface area contributed by atoms with E-state index in [1.165, 1.54) is 76.2 Å². The average molecular weight is 307 g/mol. The number of alkyl halides is 1. The van der Waals surface area contributed by atoms with E-state index in [-0.39, 0.29) is 5.38 Å². The molecular weight excluding hydrogens is 276 g/mol. The summed E-state index contributed by atoms with van der Waals surface area (Å²) in [6.45, 7) is 2.27. The minimum atomic E-state index is 0.216. The molecule has 1 aromatic carbocycles. The first-order valence-electron chi connectivity index (χ1n) is 9.07.